The topological polar surface area (TPSA) is 29.1 Å². The third-order valence-electron chi connectivity index (χ3n) is 2.50. The minimum absolute atomic E-state index is 0.173. The Morgan fingerprint density at radius 3 is 3.07 bits per heavy atom. The summed E-state index contributed by atoms with van der Waals surface area (Å²) >= 11 is 1.23. The van der Waals surface area contributed by atoms with Crippen LogP contribution in [-0.4, -0.2) is 14.3 Å². The second-order valence-corrected chi connectivity index (χ2v) is 12.9. The average Bonchev–Trinajstić information content (AvgIpc) is 2.61. The number of benzene rings is 1. The van der Waals surface area contributed by atoms with Gasteiger partial charge in [0.25, 0.3) is 0 Å². The first-order valence-corrected chi connectivity index (χ1v) is 9.33. The van der Waals surface area contributed by atoms with E-state index in [0.29, 0.717) is 1.93 Å². The summed E-state index contributed by atoms with van der Waals surface area (Å²) in [6, 6.07) is 8.11. The second kappa shape index (κ2) is 3.73. The van der Waals surface area contributed by atoms with Crippen LogP contribution in [0, 0.1) is 3.57 Å². The van der Waals surface area contributed by atoms with Crippen molar-refractivity contribution in [2.75, 3.05) is 6.54 Å². The maximum atomic E-state index is 11.8. The van der Waals surface area contributed by atoms with E-state index >= 15 is 0 Å². The summed E-state index contributed by atoms with van der Waals surface area (Å²) in [6.07, 6.45) is 1.83. The molecule has 1 unspecified atom stereocenters. The molecule has 0 aliphatic carbocycles. The van der Waals surface area contributed by atoms with Crippen molar-refractivity contribution in [3.05, 3.63) is 43.2 Å². The van der Waals surface area contributed by atoms with Crippen molar-refractivity contribution in [1.29, 1.82) is 0 Å². The zero-order valence-electron chi connectivity index (χ0n) is 7.84. The van der Waals surface area contributed by atoms with E-state index in [0.717, 1.165) is 12.1 Å². The predicted octanol–water partition coefficient (Wildman–Crippen LogP) is 2.76. The van der Waals surface area contributed by atoms with Crippen LogP contribution >= 0.6 is 42.4 Å². The first-order chi connectivity index (χ1) is 7.27. The third-order valence-corrected chi connectivity index (χ3v) is 12.0. The Balaban J connectivity index is 2.20. The fourth-order valence-corrected chi connectivity index (χ4v) is 11.1. The molecule has 0 saturated carbocycles. The van der Waals surface area contributed by atoms with Crippen LogP contribution in [0.1, 0.15) is 10.4 Å². The fourth-order valence-electron chi connectivity index (χ4n) is 1.83. The monoisotopic (exact) mass is 425 g/mol. The normalized spacial score (nSPS) is 25.4. The molecule has 2 aliphatic heterocycles. The number of halogens is 2. The Labute approximate surface area is 109 Å². The van der Waals surface area contributed by atoms with Gasteiger partial charge in [0.15, 0.2) is 0 Å². The number of hydrogen-bond acceptors (Lipinski definition) is 2. The van der Waals surface area contributed by atoms with Crippen LogP contribution in [0.3, 0.4) is 0 Å². The van der Waals surface area contributed by atoms with Crippen LogP contribution in [0.5, 0.6) is 0 Å². The Bertz CT molecular complexity index is 469. The van der Waals surface area contributed by atoms with Crippen LogP contribution in [-0.2, 0) is 0 Å². The molecule has 1 saturated heterocycles. The summed E-state index contributed by atoms with van der Waals surface area (Å²) < 4.78 is 3.29. The number of carbonyl (C=O) groups excluding carboxylic acids is 1. The maximum absolute atomic E-state index is 11.8. The molecule has 78 valence electrons. The van der Waals surface area contributed by atoms with E-state index in [-0.39, 0.29) is 5.78 Å². The molecule has 0 aromatic heterocycles. The van der Waals surface area contributed by atoms with E-state index < -0.39 is 19.8 Å². The van der Waals surface area contributed by atoms with Crippen LogP contribution in [0.4, 0.5) is 0 Å². The summed E-state index contributed by atoms with van der Waals surface area (Å²) in [5, 5.41) is 3.38. The number of fused-ring (bicyclic) bond motifs is 3. The van der Waals surface area contributed by atoms with Crippen molar-refractivity contribution < 1.29 is 4.79 Å². The molecule has 2 heterocycles. The van der Waals surface area contributed by atoms with Gasteiger partial charge >= 0.3 is 110 Å². The number of rotatable bonds is 0. The summed E-state index contributed by atoms with van der Waals surface area (Å²) in [4.78, 5) is 11.8. The van der Waals surface area contributed by atoms with Gasteiger partial charge in [-0.05, 0) is 0 Å². The van der Waals surface area contributed by atoms with E-state index in [4.69, 9.17) is 0 Å². The third kappa shape index (κ3) is 1.52. The molecular weight excluding hydrogens is 416 g/mol. The van der Waals surface area contributed by atoms with Gasteiger partial charge in [0, 0.05) is 0 Å². The molecular formula is C11H9I2NO. The van der Waals surface area contributed by atoms with E-state index in [1.54, 1.807) is 0 Å². The SMILES string of the molecule is O=C1C=C2NCC(I)I2c2ccccc21. The molecule has 1 N–H and O–H groups in total. The zero-order valence-corrected chi connectivity index (χ0v) is 12.2. The molecule has 4 heteroatoms. The first-order valence-electron chi connectivity index (χ1n) is 4.69. The Hall–Kier alpha value is -0.110. The van der Waals surface area contributed by atoms with Gasteiger partial charge in [-0.1, -0.05) is 0 Å². The van der Waals surface area contributed by atoms with Gasteiger partial charge in [0.2, 0.25) is 0 Å². The minimum atomic E-state index is -1.29. The Kier molecular flexibility index (Phi) is 2.50. The van der Waals surface area contributed by atoms with E-state index in [1.165, 1.54) is 7.27 Å². The van der Waals surface area contributed by atoms with Crippen molar-refractivity contribution in [3.8, 4) is 0 Å². The van der Waals surface area contributed by atoms with Crippen LogP contribution < -0.4 is 5.32 Å². The Morgan fingerprint density at radius 2 is 2.20 bits per heavy atom. The number of ketones is 1. The van der Waals surface area contributed by atoms with E-state index in [9.17, 15) is 4.79 Å². The van der Waals surface area contributed by atoms with E-state index in [2.05, 4.69) is 34.0 Å². The predicted molar refractivity (Wildman–Crippen MR) is 77.4 cm³/mol. The summed E-state index contributed by atoms with van der Waals surface area (Å²) in [5.41, 5.74) is 0.941. The standard InChI is InChI=1S/C11H9I2NO/c12-10-6-14-11-5-9(15)7-3-1-2-4-8(7)13(10)11/h1-5,10,14H,6H2. The van der Waals surface area contributed by atoms with Crippen molar-refractivity contribution >= 4 is 48.2 Å². The number of allylic oxidation sites excluding steroid dienone is 1. The van der Waals surface area contributed by atoms with Crippen molar-refractivity contribution in [1.82, 2.24) is 5.32 Å². The molecule has 2 aliphatic rings. The van der Waals surface area contributed by atoms with Crippen LogP contribution in [0.15, 0.2) is 34.0 Å². The van der Waals surface area contributed by atoms with Gasteiger partial charge in [-0.25, -0.2) is 0 Å². The molecule has 1 fully saturated rings. The second-order valence-electron chi connectivity index (χ2n) is 3.42. The van der Waals surface area contributed by atoms with Gasteiger partial charge in [0.1, 0.15) is 0 Å². The summed E-state index contributed by atoms with van der Waals surface area (Å²) in [6.45, 7) is 1.03. The summed E-state index contributed by atoms with van der Waals surface area (Å²) in [5.74, 6) is 0.173. The number of hydrogen-bond donors (Lipinski definition) is 1. The number of nitrogens with one attached hydrogen (secondary N) is 1. The molecule has 3 rings (SSSR count). The molecule has 0 radical (unpaired) electrons. The average molecular weight is 425 g/mol. The molecule has 0 spiro atoms. The van der Waals surface area contributed by atoms with Gasteiger partial charge in [-0.3, -0.25) is 0 Å². The zero-order chi connectivity index (χ0) is 10.4. The van der Waals surface area contributed by atoms with Crippen molar-refractivity contribution in [2.45, 2.75) is 1.93 Å². The molecule has 2 nitrogen and oxygen atoms in total. The number of carbonyl (C=O) groups is 1. The van der Waals surface area contributed by atoms with Gasteiger partial charge in [-0.2, -0.15) is 0 Å². The Morgan fingerprint density at radius 1 is 1.40 bits per heavy atom. The molecule has 15 heavy (non-hydrogen) atoms. The molecule has 0 amide bonds. The fraction of sp³-hybridized carbons (Fsp3) is 0.182. The molecule has 1 aromatic carbocycles. The van der Waals surface area contributed by atoms with Gasteiger partial charge < -0.3 is 0 Å². The van der Waals surface area contributed by atoms with Gasteiger partial charge in [0.05, 0.1) is 0 Å². The first kappa shape index (κ1) is 10.1. The van der Waals surface area contributed by atoms with E-state index in [1.807, 2.05) is 24.3 Å². The van der Waals surface area contributed by atoms with Crippen LogP contribution in [0.2, 0.25) is 0 Å². The van der Waals surface area contributed by atoms with Crippen molar-refractivity contribution in [3.63, 3.8) is 0 Å². The van der Waals surface area contributed by atoms with Crippen molar-refractivity contribution in [2.24, 2.45) is 0 Å². The molecule has 0 bridgehead atoms. The molecule has 1 aromatic rings. The molecule has 1 atom stereocenters. The quantitative estimate of drug-likeness (QED) is 0.394. The number of alkyl halides is 2. The summed E-state index contributed by atoms with van der Waals surface area (Å²) in [7, 11) is 0. The van der Waals surface area contributed by atoms with Crippen LogP contribution in [0.25, 0.3) is 0 Å². The van der Waals surface area contributed by atoms with Gasteiger partial charge in [-0.15, -0.1) is 0 Å².